The molecule has 0 saturated carbocycles. The zero-order valence-corrected chi connectivity index (χ0v) is 16.7. The molecule has 1 aliphatic heterocycles. The molecule has 1 fully saturated rings. The molecule has 2 N–H and O–H groups in total. The second-order valence-electron chi connectivity index (χ2n) is 8.23. The molecule has 1 aromatic carbocycles. The average Bonchev–Trinajstić information content (AvgIpc) is 2.68. The fraction of sp³-hybridized carbons (Fsp3) is 0.435. The number of likely N-dealkylation sites (tertiary alicyclic amines) is 1. The average molecular weight is 380 g/mol. The number of nitrogens with two attached hydrogens (primary N) is 1. The van der Waals surface area contributed by atoms with E-state index < -0.39 is 5.41 Å². The lowest BCUT2D eigenvalue weighted by atomic mass is 9.73. The zero-order valence-electron chi connectivity index (χ0n) is 16.7. The number of piperidine rings is 1. The van der Waals surface area contributed by atoms with Crippen molar-refractivity contribution in [2.24, 2.45) is 17.1 Å². The number of hydrogen-bond donors (Lipinski definition) is 1. The lowest BCUT2D eigenvalue weighted by molar-refractivity contribution is -0.140. The first-order chi connectivity index (χ1) is 13.4. The maximum Gasteiger partial charge on any atom is 0.225 e. The van der Waals surface area contributed by atoms with E-state index in [9.17, 15) is 9.59 Å². The predicted octanol–water partition coefficient (Wildman–Crippen LogP) is 3.43. The van der Waals surface area contributed by atoms with Gasteiger partial charge in [0.15, 0.2) is 0 Å². The van der Waals surface area contributed by atoms with Gasteiger partial charge in [-0.05, 0) is 54.0 Å². The third-order valence-electron chi connectivity index (χ3n) is 5.57. The van der Waals surface area contributed by atoms with E-state index in [0.29, 0.717) is 38.3 Å². The maximum absolute atomic E-state index is 12.6. The van der Waals surface area contributed by atoms with E-state index in [2.05, 4.69) is 17.1 Å². The molecule has 28 heavy (non-hydrogen) atoms. The van der Waals surface area contributed by atoms with Gasteiger partial charge in [0.1, 0.15) is 0 Å². The first-order valence-corrected chi connectivity index (χ1v) is 9.97. The molecule has 5 nitrogen and oxygen atoms in total. The minimum absolute atomic E-state index is 0.114. The molecule has 1 aromatic heterocycles. The van der Waals surface area contributed by atoms with Crippen LogP contribution in [-0.2, 0) is 16.0 Å². The Bertz CT molecular complexity index is 835. The van der Waals surface area contributed by atoms with Gasteiger partial charge in [0.2, 0.25) is 11.8 Å². The lowest BCUT2D eigenvalue weighted by Crippen LogP contribution is -2.53. The number of primary amides is 1. The number of pyridine rings is 1. The molecule has 2 heterocycles. The van der Waals surface area contributed by atoms with E-state index in [-0.39, 0.29) is 11.8 Å². The van der Waals surface area contributed by atoms with Crippen LogP contribution >= 0.6 is 0 Å². The van der Waals surface area contributed by atoms with Crippen LogP contribution in [0.2, 0.25) is 0 Å². The van der Waals surface area contributed by atoms with Gasteiger partial charge < -0.3 is 10.6 Å². The van der Waals surface area contributed by atoms with E-state index in [0.717, 1.165) is 23.1 Å². The van der Waals surface area contributed by atoms with Gasteiger partial charge in [-0.2, -0.15) is 0 Å². The van der Waals surface area contributed by atoms with E-state index >= 15 is 0 Å². The second kappa shape index (κ2) is 8.55. The Labute approximate surface area is 167 Å². The normalized spacial score (nSPS) is 19.6. The largest absolute Gasteiger partial charge is 0.369 e. The Morgan fingerprint density at radius 2 is 1.89 bits per heavy atom. The van der Waals surface area contributed by atoms with Gasteiger partial charge in [-0.25, -0.2) is 0 Å². The summed E-state index contributed by atoms with van der Waals surface area (Å²) in [5, 5.41) is 0. The Morgan fingerprint density at radius 3 is 2.57 bits per heavy atom. The maximum atomic E-state index is 12.6. The molecule has 1 saturated heterocycles. The van der Waals surface area contributed by atoms with E-state index in [1.54, 1.807) is 12.4 Å². The highest BCUT2D eigenvalue weighted by Gasteiger charge is 2.42. The van der Waals surface area contributed by atoms with Gasteiger partial charge in [0.05, 0.1) is 5.41 Å². The minimum atomic E-state index is -0.728. The SMILES string of the molecule is CC(C)CC(=O)N1CCC[C@@](Cc2ccccc2-c2ccncc2)(C(N)=O)C1. The number of carbonyl (C=O) groups is 2. The molecule has 0 bridgehead atoms. The van der Waals surface area contributed by atoms with Gasteiger partial charge in [-0.1, -0.05) is 38.1 Å². The van der Waals surface area contributed by atoms with Crippen molar-refractivity contribution in [2.75, 3.05) is 13.1 Å². The van der Waals surface area contributed by atoms with Crippen molar-refractivity contribution in [1.82, 2.24) is 9.88 Å². The van der Waals surface area contributed by atoms with Crippen molar-refractivity contribution in [3.05, 3.63) is 54.4 Å². The van der Waals surface area contributed by atoms with Crippen molar-refractivity contribution in [1.29, 1.82) is 0 Å². The predicted molar refractivity (Wildman–Crippen MR) is 110 cm³/mol. The molecule has 148 valence electrons. The van der Waals surface area contributed by atoms with Crippen LogP contribution in [-0.4, -0.2) is 34.8 Å². The Kier molecular flexibility index (Phi) is 6.12. The zero-order chi connectivity index (χ0) is 20.1. The van der Waals surface area contributed by atoms with Crippen LogP contribution in [0.25, 0.3) is 11.1 Å². The van der Waals surface area contributed by atoms with E-state index in [1.165, 1.54) is 0 Å². The van der Waals surface area contributed by atoms with Gasteiger partial charge in [-0.3, -0.25) is 14.6 Å². The number of amides is 2. The van der Waals surface area contributed by atoms with Crippen LogP contribution < -0.4 is 5.73 Å². The smallest absolute Gasteiger partial charge is 0.225 e. The third kappa shape index (κ3) is 4.41. The molecule has 0 aliphatic carbocycles. The summed E-state index contributed by atoms with van der Waals surface area (Å²) in [5.74, 6) is 0.0895. The molecular formula is C23H29N3O2. The van der Waals surface area contributed by atoms with Crippen molar-refractivity contribution < 1.29 is 9.59 Å². The summed E-state index contributed by atoms with van der Waals surface area (Å²) < 4.78 is 0. The highest BCUT2D eigenvalue weighted by Crippen LogP contribution is 2.37. The highest BCUT2D eigenvalue weighted by atomic mass is 16.2. The molecule has 3 rings (SSSR count). The molecule has 5 heteroatoms. The van der Waals surface area contributed by atoms with Crippen LogP contribution in [0, 0.1) is 11.3 Å². The van der Waals surface area contributed by atoms with Crippen LogP contribution in [0.3, 0.4) is 0 Å². The Hall–Kier alpha value is -2.69. The number of nitrogens with zero attached hydrogens (tertiary/aromatic N) is 2. The van der Waals surface area contributed by atoms with Gasteiger partial charge in [0, 0.05) is 31.9 Å². The molecular weight excluding hydrogens is 350 g/mol. The lowest BCUT2D eigenvalue weighted by Gasteiger charge is -2.41. The van der Waals surface area contributed by atoms with Gasteiger partial charge in [0.25, 0.3) is 0 Å². The minimum Gasteiger partial charge on any atom is -0.369 e. The summed E-state index contributed by atoms with van der Waals surface area (Å²) in [4.78, 5) is 31.1. The fourth-order valence-corrected chi connectivity index (χ4v) is 4.11. The second-order valence-corrected chi connectivity index (χ2v) is 8.23. The summed E-state index contributed by atoms with van der Waals surface area (Å²) in [5.41, 5.74) is 8.41. The Morgan fingerprint density at radius 1 is 1.18 bits per heavy atom. The summed E-state index contributed by atoms with van der Waals surface area (Å²) in [6.07, 6.45) is 6.07. The molecule has 2 amide bonds. The number of benzene rings is 1. The number of rotatable bonds is 6. The van der Waals surface area contributed by atoms with Crippen LogP contribution in [0.5, 0.6) is 0 Å². The molecule has 1 aliphatic rings. The molecule has 1 atom stereocenters. The van der Waals surface area contributed by atoms with Crippen molar-refractivity contribution in [3.8, 4) is 11.1 Å². The Balaban J connectivity index is 1.90. The van der Waals surface area contributed by atoms with Crippen molar-refractivity contribution >= 4 is 11.8 Å². The molecule has 0 radical (unpaired) electrons. The van der Waals surface area contributed by atoms with Gasteiger partial charge >= 0.3 is 0 Å². The van der Waals surface area contributed by atoms with Crippen LogP contribution in [0.15, 0.2) is 48.8 Å². The van der Waals surface area contributed by atoms with Crippen molar-refractivity contribution in [3.63, 3.8) is 0 Å². The van der Waals surface area contributed by atoms with E-state index in [4.69, 9.17) is 5.73 Å². The van der Waals surface area contributed by atoms with Gasteiger partial charge in [-0.15, -0.1) is 0 Å². The monoisotopic (exact) mass is 379 g/mol. The summed E-state index contributed by atoms with van der Waals surface area (Å²) >= 11 is 0. The fourth-order valence-electron chi connectivity index (χ4n) is 4.11. The first-order valence-electron chi connectivity index (χ1n) is 9.97. The van der Waals surface area contributed by atoms with Crippen LogP contribution in [0.4, 0.5) is 0 Å². The third-order valence-corrected chi connectivity index (χ3v) is 5.57. The standard InChI is InChI=1S/C23H29N3O2/c1-17(2)14-21(27)26-13-5-10-23(16-26,22(24)28)15-19-6-3-4-7-20(19)18-8-11-25-12-9-18/h3-4,6-9,11-12,17H,5,10,13-16H2,1-2H3,(H2,24,28)/t23-/m0/s1. The van der Waals surface area contributed by atoms with Crippen LogP contribution in [0.1, 0.15) is 38.7 Å². The van der Waals surface area contributed by atoms with Crippen molar-refractivity contribution in [2.45, 2.75) is 39.5 Å². The quantitative estimate of drug-likeness (QED) is 0.835. The first kappa shape index (κ1) is 20.1. The highest BCUT2D eigenvalue weighted by molar-refractivity contribution is 5.84. The number of carbonyl (C=O) groups excluding carboxylic acids is 2. The number of hydrogen-bond acceptors (Lipinski definition) is 3. The molecule has 2 aromatic rings. The number of aromatic nitrogens is 1. The molecule has 0 unspecified atom stereocenters. The van der Waals surface area contributed by atoms with E-state index in [1.807, 2.05) is 43.0 Å². The summed E-state index contributed by atoms with van der Waals surface area (Å²) in [7, 11) is 0. The summed E-state index contributed by atoms with van der Waals surface area (Å²) in [6, 6.07) is 12.0. The topological polar surface area (TPSA) is 76.3 Å². The summed E-state index contributed by atoms with van der Waals surface area (Å²) in [6.45, 7) is 5.17. The molecule has 0 spiro atoms.